The second kappa shape index (κ2) is 5.93. The number of fused-ring (bicyclic) bond motifs is 1. The van der Waals surface area contributed by atoms with Gasteiger partial charge in [-0.15, -0.1) is 11.3 Å². The lowest BCUT2D eigenvalue weighted by atomic mass is 10.2. The van der Waals surface area contributed by atoms with Crippen molar-refractivity contribution in [3.8, 4) is 6.07 Å². The summed E-state index contributed by atoms with van der Waals surface area (Å²) in [7, 11) is 0. The number of rotatable bonds is 2. The van der Waals surface area contributed by atoms with Crippen LogP contribution in [0.5, 0.6) is 0 Å². The number of nitrogens with one attached hydrogen (secondary N) is 1. The van der Waals surface area contributed by atoms with Gasteiger partial charge in [-0.3, -0.25) is 4.79 Å². The summed E-state index contributed by atoms with van der Waals surface area (Å²) in [5.41, 5.74) is 0.371. The van der Waals surface area contributed by atoms with Crippen molar-refractivity contribution in [2.45, 2.75) is 0 Å². The van der Waals surface area contributed by atoms with Crippen LogP contribution in [-0.4, -0.2) is 9.97 Å². The number of allylic oxidation sites excluding steroid dienone is 1. The van der Waals surface area contributed by atoms with Crippen LogP contribution in [0.25, 0.3) is 22.6 Å². The predicted molar refractivity (Wildman–Crippen MR) is 90.2 cm³/mol. The van der Waals surface area contributed by atoms with E-state index in [2.05, 4.69) is 9.97 Å². The van der Waals surface area contributed by atoms with E-state index in [0.717, 1.165) is 4.88 Å². The van der Waals surface area contributed by atoms with Gasteiger partial charge in [0, 0.05) is 9.90 Å². The lowest BCUT2D eigenvalue weighted by Crippen LogP contribution is -2.11. The molecule has 1 aromatic carbocycles. The summed E-state index contributed by atoms with van der Waals surface area (Å²) in [5.74, 6) is 0.201. The number of aromatic amines is 1. The van der Waals surface area contributed by atoms with Gasteiger partial charge in [0.05, 0.1) is 20.8 Å². The first-order valence-corrected chi connectivity index (χ1v) is 7.71. The normalized spacial score (nSPS) is 11.6. The highest BCUT2D eigenvalue weighted by molar-refractivity contribution is 7.17. The maximum absolute atomic E-state index is 12.1. The van der Waals surface area contributed by atoms with Gasteiger partial charge in [0.15, 0.2) is 5.82 Å². The fourth-order valence-corrected chi connectivity index (χ4v) is 3.11. The first-order chi connectivity index (χ1) is 10.6. The summed E-state index contributed by atoms with van der Waals surface area (Å²) < 4.78 is 0.621. The van der Waals surface area contributed by atoms with E-state index in [0.29, 0.717) is 20.3 Å². The molecule has 0 fully saturated rings. The molecule has 2 heterocycles. The minimum atomic E-state index is -0.318. The molecular weight excluding hydrogens is 341 g/mol. The van der Waals surface area contributed by atoms with E-state index in [1.165, 1.54) is 11.3 Å². The summed E-state index contributed by atoms with van der Waals surface area (Å²) in [6, 6.07) is 10.4. The highest BCUT2D eigenvalue weighted by atomic mass is 35.5. The molecular formula is C15H7Cl2N3OS. The van der Waals surface area contributed by atoms with Crippen LogP contribution in [0.4, 0.5) is 0 Å². The smallest absolute Gasteiger partial charge is 0.259 e. The Morgan fingerprint density at radius 1 is 1.32 bits per heavy atom. The molecule has 3 rings (SSSR count). The molecule has 22 heavy (non-hydrogen) atoms. The third-order valence-corrected chi connectivity index (χ3v) is 4.34. The van der Waals surface area contributed by atoms with Crippen LogP contribution in [0.15, 0.2) is 35.1 Å². The van der Waals surface area contributed by atoms with Crippen LogP contribution in [0.1, 0.15) is 10.7 Å². The summed E-state index contributed by atoms with van der Waals surface area (Å²) in [4.78, 5) is 19.8. The summed E-state index contributed by atoms with van der Waals surface area (Å²) in [6.07, 6.45) is 1.63. The lowest BCUT2D eigenvalue weighted by molar-refractivity contribution is 1.13. The molecule has 0 spiro atoms. The zero-order valence-electron chi connectivity index (χ0n) is 10.9. The van der Waals surface area contributed by atoms with E-state index in [1.54, 1.807) is 36.4 Å². The molecule has 0 saturated carbocycles. The Bertz CT molecular complexity index is 998. The number of benzene rings is 1. The number of nitrogens with zero attached hydrogens (tertiary/aromatic N) is 2. The Hall–Kier alpha value is -2.13. The highest BCUT2D eigenvalue weighted by Crippen LogP contribution is 2.25. The third-order valence-electron chi connectivity index (χ3n) is 2.92. The van der Waals surface area contributed by atoms with Gasteiger partial charge in [0.25, 0.3) is 5.56 Å². The standard InChI is InChI=1S/C15H7Cl2N3OS/c16-9-1-3-11-12(6-9)19-14(20-15(11)21)8(7-18)5-10-2-4-13(17)22-10/h1-6H,(H,19,20,21). The number of thiophene rings is 1. The molecule has 7 heteroatoms. The number of aromatic nitrogens is 2. The molecule has 0 amide bonds. The molecule has 2 aromatic heterocycles. The molecule has 0 bridgehead atoms. The van der Waals surface area contributed by atoms with Gasteiger partial charge < -0.3 is 4.98 Å². The summed E-state index contributed by atoms with van der Waals surface area (Å²) in [6.45, 7) is 0. The SMILES string of the molecule is N#CC(=Cc1ccc(Cl)s1)c1nc2cc(Cl)ccc2c(=O)[nH]1. The van der Waals surface area contributed by atoms with Gasteiger partial charge in [0.1, 0.15) is 6.07 Å². The predicted octanol–water partition coefficient (Wildman–Crippen LogP) is 4.36. The minimum absolute atomic E-state index is 0.201. The number of H-pyrrole nitrogens is 1. The van der Waals surface area contributed by atoms with Crippen LogP contribution in [0.3, 0.4) is 0 Å². The third kappa shape index (κ3) is 2.90. The zero-order chi connectivity index (χ0) is 15.7. The largest absolute Gasteiger partial charge is 0.305 e. The van der Waals surface area contributed by atoms with Crippen LogP contribution in [-0.2, 0) is 0 Å². The van der Waals surface area contributed by atoms with E-state index in [4.69, 9.17) is 23.2 Å². The van der Waals surface area contributed by atoms with E-state index >= 15 is 0 Å². The topological polar surface area (TPSA) is 69.5 Å². The molecule has 0 unspecified atom stereocenters. The second-order valence-electron chi connectivity index (χ2n) is 4.39. The number of halogens is 2. The molecule has 0 radical (unpaired) electrons. The van der Waals surface area contributed by atoms with E-state index in [1.807, 2.05) is 6.07 Å². The fraction of sp³-hybridized carbons (Fsp3) is 0. The molecule has 0 aliphatic carbocycles. The van der Waals surface area contributed by atoms with Crippen LogP contribution in [0, 0.1) is 11.3 Å². The van der Waals surface area contributed by atoms with Gasteiger partial charge in [-0.05, 0) is 36.4 Å². The maximum Gasteiger partial charge on any atom is 0.259 e. The van der Waals surface area contributed by atoms with Gasteiger partial charge in [-0.1, -0.05) is 23.2 Å². The van der Waals surface area contributed by atoms with Crippen molar-refractivity contribution in [3.63, 3.8) is 0 Å². The average molecular weight is 348 g/mol. The zero-order valence-corrected chi connectivity index (χ0v) is 13.3. The Kier molecular flexibility index (Phi) is 3.99. The van der Waals surface area contributed by atoms with Crippen LogP contribution >= 0.6 is 34.5 Å². The van der Waals surface area contributed by atoms with Crippen LogP contribution in [0.2, 0.25) is 9.36 Å². The first kappa shape index (κ1) is 14.8. The quantitative estimate of drug-likeness (QED) is 0.700. The number of hydrogen-bond donors (Lipinski definition) is 1. The van der Waals surface area contributed by atoms with Gasteiger partial charge in [0.2, 0.25) is 0 Å². The first-order valence-electron chi connectivity index (χ1n) is 6.14. The lowest BCUT2D eigenvalue weighted by Gasteiger charge is -2.02. The van der Waals surface area contributed by atoms with Crippen molar-refractivity contribution in [1.82, 2.24) is 9.97 Å². The van der Waals surface area contributed by atoms with Gasteiger partial charge >= 0.3 is 0 Å². The molecule has 1 N–H and O–H groups in total. The Morgan fingerprint density at radius 3 is 2.82 bits per heavy atom. The summed E-state index contributed by atoms with van der Waals surface area (Å²) >= 11 is 13.1. The van der Waals surface area contributed by atoms with Crippen molar-refractivity contribution in [3.05, 3.63) is 60.7 Å². The van der Waals surface area contributed by atoms with E-state index < -0.39 is 0 Å². The molecule has 3 aromatic rings. The molecule has 0 saturated heterocycles. The Balaban J connectivity index is 2.18. The number of hydrogen-bond acceptors (Lipinski definition) is 4. The Morgan fingerprint density at radius 2 is 2.14 bits per heavy atom. The van der Waals surface area contributed by atoms with Crippen molar-refractivity contribution in [1.29, 1.82) is 5.26 Å². The maximum atomic E-state index is 12.1. The minimum Gasteiger partial charge on any atom is -0.305 e. The fourth-order valence-electron chi connectivity index (χ4n) is 1.94. The van der Waals surface area contributed by atoms with Gasteiger partial charge in [-0.25, -0.2) is 4.98 Å². The van der Waals surface area contributed by atoms with E-state index in [-0.39, 0.29) is 17.0 Å². The molecule has 108 valence electrons. The van der Waals surface area contributed by atoms with E-state index in [9.17, 15) is 10.1 Å². The average Bonchev–Trinajstić information content (AvgIpc) is 2.89. The molecule has 4 nitrogen and oxygen atoms in total. The van der Waals surface area contributed by atoms with Crippen LogP contribution < -0.4 is 5.56 Å². The van der Waals surface area contributed by atoms with Crippen molar-refractivity contribution in [2.75, 3.05) is 0 Å². The molecule has 0 aliphatic heterocycles. The molecule has 0 aliphatic rings. The molecule has 0 atom stereocenters. The van der Waals surface area contributed by atoms with Crippen molar-refractivity contribution in [2.24, 2.45) is 0 Å². The Labute approximate surface area is 139 Å². The number of nitriles is 1. The van der Waals surface area contributed by atoms with Gasteiger partial charge in [-0.2, -0.15) is 5.26 Å². The highest BCUT2D eigenvalue weighted by Gasteiger charge is 2.09. The monoisotopic (exact) mass is 347 g/mol. The van der Waals surface area contributed by atoms with Crippen molar-refractivity contribution >= 4 is 57.1 Å². The summed E-state index contributed by atoms with van der Waals surface area (Å²) in [5, 5.41) is 10.2. The van der Waals surface area contributed by atoms with Crippen molar-refractivity contribution < 1.29 is 0 Å². The second-order valence-corrected chi connectivity index (χ2v) is 6.57.